The number of ether oxygens (including phenoxy) is 2. The maximum atomic E-state index is 13.9. The van der Waals surface area contributed by atoms with Crippen molar-refractivity contribution in [2.24, 2.45) is 0 Å². The average Bonchev–Trinajstić information content (AvgIpc) is 3.03. The van der Waals surface area contributed by atoms with Gasteiger partial charge in [-0.1, -0.05) is 17.7 Å². The number of hydrogen-bond donors (Lipinski definition) is 0. The van der Waals surface area contributed by atoms with Crippen LogP contribution in [0.1, 0.15) is 16.8 Å². The van der Waals surface area contributed by atoms with Crippen LogP contribution in [0.5, 0.6) is 11.8 Å². The molecule has 0 N–H and O–H groups in total. The van der Waals surface area contributed by atoms with Crippen LogP contribution in [0.15, 0.2) is 30.6 Å². The van der Waals surface area contributed by atoms with Crippen molar-refractivity contribution in [1.29, 1.82) is 0 Å². The molecular weight excluding hydrogens is 337 g/mol. The normalized spacial score (nSPS) is 17.0. The summed E-state index contributed by atoms with van der Waals surface area (Å²) in [6, 6.07) is 4.18. The number of amides is 1. The predicted molar refractivity (Wildman–Crippen MR) is 84.9 cm³/mol. The largest absolute Gasteiger partial charge is 0.480 e. The van der Waals surface area contributed by atoms with Crippen molar-refractivity contribution >= 4 is 17.5 Å². The Bertz CT molecular complexity index is 739. The minimum absolute atomic E-state index is 0.100. The predicted octanol–water partition coefficient (Wildman–Crippen LogP) is 2.57. The summed E-state index contributed by atoms with van der Waals surface area (Å²) in [6.07, 6.45) is 3.30. The van der Waals surface area contributed by atoms with Gasteiger partial charge in [0.05, 0.1) is 36.6 Å². The fraction of sp³-hybridized carbons (Fsp3) is 0.312. The third kappa shape index (κ3) is 3.41. The first-order chi connectivity index (χ1) is 11.6. The number of aromatic nitrogens is 2. The van der Waals surface area contributed by atoms with Gasteiger partial charge in [0, 0.05) is 13.0 Å². The molecule has 1 aliphatic rings. The second-order valence-corrected chi connectivity index (χ2v) is 5.68. The molecule has 2 heterocycles. The van der Waals surface area contributed by atoms with Crippen molar-refractivity contribution in [1.82, 2.24) is 14.9 Å². The Morgan fingerprint density at radius 3 is 2.92 bits per heavy atom. The maximum absolute atomic E-state index is 13.9. The molecular formula is C16H15ClFN3O3. The van der Waals surface area contributed by atoms with E-state index >= 15 is 0 Å². The minimum Gasteiger partial charge on any atom is -0.480 e. The molecule has 0 aliphatic carbocycles. The summed E-state index contributed by atoms with van der Waals surface area (Å²) in [5, 5.41) is 0.100. The van der Waals surface area contributed by atoms with Crippen LogP contribution in [0.2, 0.25) is 5.02 Å². The Balaban J connectivity index is 1.68. The highest BCUT2D eigenvalue weighted by atomic mass is 35.5. The van der Waals surface area contributed by atoms with Crippen LogP contribution in [-0.2, 0) is 0 Å². The molecule has 1 amide bonds. The molecule has 0 spiro atoms. The standard InChI is InChI=1S/C16H15ClFN3O3/c1-23-13-7-19-8-14(20-13)24-10-5-6-21(9-10)16(22)15-11(17)3-2-4-12(15)18/h2-4,7-8,10H,5-6,9H2,1H3. The van der Waals surface area contributed by atoms with Gasteiger partial charge in [0.2, 0.25) is 11.8 Å². The Hall–Kier alpha value is -2.41. The monoisotopic (exact) mass is 351 g/mol. The zero-order chi connectivity index (χ0) is 17.1. The Labute approximate surface area is 143 Å². The third-order valence-corrected chi connectivity index (χ3v) is 4.01. The van der Waals surface area contributed by atoms with Crippen molar-refractivity contribution in [2.45, 2.75) is 12.5 Å². The van der Waals surface area contributed by atoms with E-state index in [4.69, 9.17) is 21.1 Å². The van der Waals surface area contributed by atoms with E-state index in [1.54, 1.807) is 0 Å². The fourth-order valence-corrected chi connectivity index (χ4v) is 2.77. The second-order valence-electron chi connectivity index (χ2n) is 5.28. The molecule has 1 unspecified atom stereocenters. The first kappa shape index (κ1) is 16.4. The molecule has 1 fully saturated rings. The van der Waals surface area contributed by atoms with E-state index in [1.807, 2.05) is 0 Å². The summed E-state index contributed by atoms with van der Waals surface area (Å²) >= 11 is 5.95. The van der Waals surface area contributed by atoms with E-state index in [0.717, 1.165) is 0 Å². The number of methoxy groups -OCH3 is 1. The van der Waals surface area contributed by atoms with Crippen LogP contribution >= 0.6 is 11.6 Å². The zero-order valence-corrected chi connectivity index (χ0v) is 13.7. The highest BCUT2D eigenvalue weighted by molar-refractivity contribution is 6.33. The number of rotatable bonds is 4. The van der Waals surface area contributed by atoms with Gasteiger partial charge in [-0.2, -0.15) is 4.98 Å². The highest BCUT2D eigenvalue weighted by Crippen LogP contribution is 2.24. The van der Waals surface area contributed by atoms with Crippen LogP contribution in [0, 0.1) is 5.82 Å². The van der Waals surface area contributed by atoms with Gasteiger partial charge in [-0.15, -0.1) is 0 Å². The summed E-state index contributed by atoms with van der Waals surface area (Å²) in [7, 11) is 1.49. The summed E-state index contributed by atoms with van der Waals surface area (Å²) in [5.41, 5.74) is -0.110. The van der Waals surface area contributed by atoms with E-state index in [2.05, 4.69) is 9.97 Å². The highest BCUT2D eigenvalue weighted by Gasteiger charge is 2.31. The number of carbonyl (C=O) groups excluding carboxylic acids is 1. The van der Waals surface area contributed by atoms with Crippen molar-refractivity contribution in [2.75, 3.05) is 20.2 Å². The Kier molecular flexibility index (Phi) is 4.80. The SMILES string of the molecule is COc1cncc(OC2CCN(C(=O)c3c(F)cccc3Cl)C2)n1. The van der Waals surface area contributed by atoms with Gasteiger partial charge in [-0.25, -0.2) is 4.39 Å². The van der Waals surface area contributed by atoms with E-state index in [0.29, 0.717) is 31.3 Å². The minimum atomic E-state index is -0.629. The molecule has 1 aromatic heterocycles. The molecule has 8 heteroatoms. The van der Waals surface area contributed by atoms with Crippen LogP contribution in [0.4, 0.5) is 4.39 Å². The molecule has 0 radical (unpaired) electrons. The molecule has 1 aromatic carbocycles. The van der Waals surface area contributed by atoms with Crippen molar-refractivity contribution in [3.8, 4) is 11.8 Å². The fourth-order valence-electron chi connectivity index (χ4n) is 2.53. The van der Waals surface area contributed by atoms with E-state index in [-0.39, 0.29) is 16.7 Å². The first-order valence-electron chi connectivity index (χ1n) is 7.34. The van der Waals surface area contributed by atoms with Crippen LogP contribution in [0.25, 0.3) is 0 Å². The number of carbonyl (C=O) groups is 1. The summed E-state index contributed by atoms with van der Waals surface area (Å²) in [5.74, 6) is -0.411. The summed E-state index contributed by atoms with van der Waals surface area (Å²) in [6.45, 7) is 0.772. The van der Waals surface area contributed by atoms with Gasteiger partial charge >= 0.3 is 0 Å². The second kappa shape index (κ2) is 7.00. The van der Waals surface area contributed by atoms with Crippen LogP contribution < -0.4 is 9.47 Å². The van der Waals surface area contributed by atoms with E-state index < -0.39 is 11.7 Å². The summed E-state index contributed by atoms with van der Waals surface area (Å²) in [4.78, 5) is 22.1. The van der Waals surface area contributed by atoms with Gasteiger partial charge in [0.15, 0.2) is 0 Å². The van der Waals surface area contributed by atoms with Crippen molar-refractivity contribution in [3.05, 3.63) is 47.0 Å². The molecule has 24 heavy (non-hydrogen) atoms. The maximum Gasteiger partial charge on any atom is 0.258 e. The molecule has 1 atom stereocenters. The number of hydrogen-bond acceptors (Lipinski definition) is 5. The smallest absolute Gasteiger partial charge is 0.258 e. The van der Waals surface area contributed by atoms with Crippen LogP contribution in [0.3, 0.4) is 0 Å². The molecule has 1 aliphatic heterocycles. The van der Waals surface area contributed by atoms with Crippen molar-refractivity contribution < 1.29 is 18.7 Å². The first-order valence-corrected chi connectivity index (χ1v) is 7.72. The van der Waals surface area contributed by atoms with E-state index in [1.165, 1.54) is 42.6 Å². The molecule has 2 aromatic rings. The number of nitrogens with zero attached hydrogens (tertiary/aromatic N) is 3. The van der Waals surface area contributed by atoms with E-state index in [9.17, 15) is 9.18 Å². The zero-order valence-electron chi connectivity index (χ0n) is 12.9. The van der Waals surface area contributed by atoms with Gasteiger partial charge in [-0.05, 0) is 12.1 Å². The lowest BCUT2D eigenvalue weighted by Gasteiger charge is -2.18. The lowest BCUT2D eigenvalue weighted by atomic mass is 10.2. The van der Waals surface area contributed by atoms with Gasteiger partial charge < -0.3 is 14.4 Å². The van der Waals surface area contributed by atoms with Gasteiger partial charge in [-0.3, -0.25) is 9.78 Å². The van der Waals surface area contributed by atoms with Gasteiger partial charge in [0.25, 0.3) is 5.91 Å². The average molecular weight is 352 g/mol. The molecule has 126 valence electrons. The topological polar surface area (TPSA) is 64.6 Å². The molecule has 6 nitrogen and oxygen atoms in total. The summed E-state index contributed by atoms with van der Waals surface area (Å²) < 4.78 is 24.6. The Morgan fingerprint density at radius 1 is 1.38 bits per heavy atom. The molecule has 1 saturated heterocycles. The lowest BCUT2D eigenvalue weighted by molar-refractivity contribution is 0.0766. The third-order valence-electron chi connectivity index (χ3n) is 3.70. The number of likely N-dealkylation sites (tertiary alicyclic amines) is 1. The molecule has 0 saturated carbocycles. The number of halogens is 2. The molecule has 0 bridgehead atoms. The van der Waals surface area contributed by atoms with Crippen molar-refractivity contribution in [3.63, 3.8) is 0 Å². The quantitative estimate of drug-likeness (QED) is 0.847. The van der Waals surface area contributed by atoms with Crippen LogP contribution in [-0.4, -0.2) is 47.1 Å². The molecule has 3 rings (SSSR count). The lowest BCUT2D eigenvalue weighted by Crippen LogP contribution is -2.31. The Morgan fingerprint density at radius 2 is 2.17 bits per heavy atom. The number of benzene rings is 1. The van der Waals surface area contributed by atoms with Gasteiger partial charge in [0.1, 0.15) is 11.9 Å².